The minimum Gasteiger partial charge on any atom is -0.497 e. The maximum absolute atomic E-state index is 9.68. The van der Waals surface area contributed by atoms with Crippen LogP contribution in [0.3, 0.4) is 0 Å². The molecule has 6 nitrogen and oxygen atoms in total. The molecule has 1 aliphatic heterocycles. The third-order valence-electron chi connectivity index (χ3n) is 4.13. The smallest absolute Gasteiger partial charge is 0.244 e. The van der Waals surface area contributed by atoms with Gasteiger partial charge in [0.2, 0.25) is 11.8 Å². The highest BCUT2D eigenvalue weighted by Gasteiger charge is 2.35. The van der Waals surface area contributed by atoms with Crippen LogP contribution in [0.4, 0.5) is 0 Å². The molecule has 7 heteroatoms. The van der Waals surface area contributed by atoms with Crippen LogP contribution in [0.15, 0.2) is 53.2 Å². The summed E-state index contributed by atoms with van der Waals surface area (Å²) < 4.78 is 10.9. The third-order valence-corrected chi connectivity index (χ3v) is 5.02. The van der Waals surface area contributed by atoms with Gasteiger partial charge in [-0.25, -0.2) is 0 Å². The van der Waals surface area contributed by atoms with E-state index in [0.29, 0.717) is 17.2 Å². The Kier molecular flexibility index (Phi) is 3.67. The molecule has 25 heavy (non-hydrogen) atoms. The Hall–Kier alpha value is -3.24. The number of methoxy groups -OCH3 is 1. The van der Waals surface area contributed by atoms with Crippen LogP contribution >= 0.6 is 11.3 Å². The fraction of sp³-hybridized carbons (Fsp3) is 0.111. The van der Waals surface area contributed by atoms with E-state index in [2.05, 4.69) is 16.3 Å². The molecule has 1 atom stereocenters. The van der Waals surface area contributed by atoms with Gasteiger partial charge in [0.15, 0.2) is 0 Å². The third kappa shape index (κ3) is 2.44. The van der Waals surface area contributed by atoms with Crippen LogP contribution in [0.5, 0.6) is 11.6 Å². The number of nitrogens with two attached hydrogens (primary N) is 1. The average molecular weight is 350 g/mol. The molecule has 1 aliphatic rings. The number of H-pyrrole nitrogens is 1. The largest absolute Gasteiger partial charge is 0.497 e. The van der Waals surface area contributed by atoms with Crippen LogP contribution in [0.25, 0.3) is 10.6 Å². The van der Waals surface area contributed by atoms with E-state index >= 15 is 0 Å². The minimum atomic E-state index is -0.375. The van der Waals surface area contributed by atoms with E-state index in [1.165, 1.54) is 0 Å². The van der Waals surface area contributed by atoms with E-state index in [1.807, 2.05) is 41.8 Å². The molecular weight excluding hydrogens is 336 g/mol. The van der Waals surface area contributed by atoms with Gasteiger partial charge in [-0.15, -0.1) is 16.4 Å². The molecule has 0 amide bonds. The van der Waals surface area contributed by atoms with Crippen molar-refractivity contribution in [3.05, 3.63) is 64.4 Å². The Labute approximate surface area is 148 Å². The van der Waals surface area contributed by atoms with Gasteiger partial charge in [0, 0.05) is 0 Å². The number of allylic oxidation sites excluding steroid dienone is 1. The second kappa shape index (κ2) is 6.00. The summed E-state index contributed by atoms with van der Waals surface area (Å²) in [4.78, 5) is 1.02. The van der Waals surface area contributed by atoms with E-state index in [4.69, 9.17) is 15.2 Å². The second-order valence-corrected chi connectivity index (χ2v) is 6.44. The van der Waals surface area contributed by atoms with Crippen molar-refractivity contribution in [2.75, 3.05) is 7.11 Å². The van der Waals surface area contributed by atoms with Crippen molar-refractivity contribution < 1.29 is 9.47 Å². The van der Waals surface area contributed by atoms with E-state index in [0.717, 1.165) is 21.7 Å². The molecule has 4 rings (SSSR count). The first-order valence-electron chi connectivity index (χ1n) is 7.56. The number of thiophene rings is 1. The first-order chi connectivity index (χ1) is 12.2. The number of nitrogens with zero attached hydrogens (tertiary/aromatic N) is 2. The zero-order valence-electron chi connectivity index (χ0n) is 13.3. The monoisotopic (exact) mass is 350 g/mol. The van der Waals surface area contributed by atoms with Gasteiger partial charge >= 0.3 is 0 Å². The molecule has 1 aromatic carbocycles. The van der Waals surface area contributed by atoms with Gasteiger partial charge in [0.25, 0.3) is 0 Å². The number of nitriles is 1. The summed E-state index contributed by atoms with van der Waals surface area (Å²) in [5.41, 5.74) is 8.87. The summed E-state index contributed by atoms with van der Waals surface area (Å²) in [6, 6.07) is 13.7. The molecule has 0 bridgehead atoms. The first-order valence-corrected chi connectivity index (χ1v) is 8.44. The molecule has 0 saturated carbocycles. The molecule has 124 valence electrons. The summed E-state index contributed by atoms with van der Waals surface area (Å²) in [5, 5.41) is 18.9. The number of hydrogen-bond donors (Lipinski definition) is 2. The Morgan fingerprint density at radius 3 is 2.96 bits per heavy atom. The number of rotatable bonds is 3. The van der Waals surface area contributed by atoms with Gasteiger partial charge in [-0.2, -0.15) is 5.26 Å². The van der Waals surface area contributed by atoms with Gasteiger partial charge in [0.05, 0.1) is 29.2 Å². The second-order valence-electron chi connectivity index (χ2n) is 5.50. The van der Waals surface area contributed by atoms with Crippen LogP contribution in [-0.2, 0) is 0 Å². The summed E-state index contributed by atoms with van der Waals surface area (Å²) in [6.45, 7) is 0. The molecule has 0 unspecified atom stereocenters. The molecule has 0 fully saturated rings. The highest BCUT2D eigenvalue weighted by molar-refractivity contribution is 7.13. The Balaban J connectivity index is 1.95. The molecule has 3 heterocycles. The SMILES string of the molecule is COc1cccc([C@@H]2C(C#N)=C(N)Oc3n[nH]c(-c4cccs4)c32)c1. The van der Waals surface area contributed by atoms with Crippen molar-refractivity contribution in [1.82, 2.24) is 10.2 Å². The van der Waals surface area contributed by atoms with Gasteiger partial charge in [-0.3, -0.25) is 5.10 Å². The fourth-order valence-electron chi connectivity index (χ4n) is 3.01. The number of ether oxygens (including phenoxy) is 2. The lowest BCUT2D eigenvalue weighted by molar-refractivity contribution is 0.378. The van der Waals surface area contributed by atoms with Crippen molar-refractivity contribution in [3.8, 4) is 28.3 Å². The molecule has 3 aromatic rings. The quantitative estimate of drug-likeness (QED) is 0.755. The molecular formula is C18H14N4O2S. The van der Waals surface area contributed by atoms with Crippen molar-refractivity contribution in [3.63, 3.8) is 0 Å². The van der Waals surface area contributed by atoms with Crippen LogP contribution in [0.2, 0.25) is 0 Å². The van der Waals surface area contributed by atoms with Gasteiger partial charge in [0.1, 0.15) is 17.4 Å². The lowest BCUT2D eigenvalue weighted by Gasteiger charge is -2.24. The van der Waals surface area contributed by atoms with E-state index in [1.54, 1.807) is 18.4 Å². The van der Waals surface area contributed by atoms with Crippen LogP contribution in [-0.4, -0.2) is 17.3 Å². The lowest BCUT2D eigenvalue weighted by atomic mass is 9.84. The molecule has 0 radical (unpaired) electrons. The Bertz CT molecular complexity index is 999. The number of benzene rings is 1. The Morgan fingerprint density at radius 1 is 1.36 bits per heavy atom. The summed E-state index contributed by atoms with van der Waals surface area (Å²) in [5.74, 6) is 0.807. The van der Waals surface area contributed by atoms with Crippen molar-refractivity contribution in [1.29, 1.82) is 5.26 Å². The number of nitrogens with one attached hydrogen (secondary N) is 1. The normalized spacial score (nSPS) is 16.1. The average Bonchev–Trinajstić information content (AvgIpc) is 3.29. The molecule has 2 aromatic heterocycles. The van der Waals surface area contributed by atoms with E-state index in [9.17, 15) is 5.26 Å². The highest BCUT2D eigenvalue weighted by Crippen LogP contribution is 2.46. The van der Waals surface area contributed by atoms with E-state index in [-0.39, 0.29) is 11.8 Å². The van der Waals surface area contributed by atoms with E-state index < -0.39 is 0 Å². The minimum absolute atomic E-state index is 0.0760. The topological polar surface area (TPSA) is 96.9 Å². The number of aromatic nitrogens is 2. The van der Waals surface area contributed by atoms with Crippen molar-refractivity contribution >= 4 is 11.3 Å². The maximum Gasteiger partial charge on any atom is 0.244 e. The van der Waals surface area contributed by atoms with Gasteiger partial charge in [-0.1, -0.05) is 18.2 Å². The molecule has 0 saturated heterocycles. The predicted molar refractivity (Wildman–Crippen MR) is 94.2 cm³/mol. The maximum atomic E-state index is 9.68. The van der Waals surface area contributed by atoms with Gasteiger partial charge in [-0.05, 0) is 29.1 Å². The summed E-state index contributed by atoms with van der Waals surface area (Å²) in [6.07, 6.45) is 0. The fourth-order valence-corrected chi connectivity index (χ4v) is 3.74. The standard InChI is InChI=1S/C18H14N4O2S/c1-23-11-5-2-4-10(8-11)14-12(9-19)17(20)24-18-15(14)16(21-22-18)13-6-3-7-25-13/h2-8,14H,20H2,1H3,(H,21,22)/t14-/m1/s1. The molecule has 0 aliphatic carbocycles. The molecule has 3 N–H and O–H groups in total. The lowest BCUT2D eigenvalue weighted by Crippen LogP contribution is -2.20. The van der Waals surface area contributed by atoms with Crippen LogP contribution in [0, 0.1) is 11.3 Å². The van der Waals surface area contributed by atoms with Gasteiger partial charge < -0.3 is 15.2 Å². The zero-order chi connectivity index (χ0) is 17.4. The first kappa shape index (κ1) is 15.3. The summed E-state index contributed by atoms with van der Waals surface area (Å²) in [7, 11) is 1.61. The van der Waals surface area contributed by atoms with Crippen molar-refractivity contribution in [2.24, 2.45) is 5.73 Å². The van der Waals surface area contributed by atoms with Crippen LogP contribution in [0.1, 0.15) is 17.0 Å². The van der Waals surface area contributed by atoms with Crippen molar-refractivity contribution in [2.45, 2.75) is 5.92 Å². The van der Waals surface area contributed by atoms with Crippen LogP contribution < -0.4 is 15.2 Å². The predicted octanol–water partition coefficient (Wildman–Crippen LogP) is 3.36. The Morgan fingerprint density at radius 2 is 2.24 bits per heavy atom. The number of fused-ring (bicyclic) bond motifs is 1. The summed E-state index contributed by atoms with van der Waals surface area (Å²) >= 11 is 1.59. The number of hydrogen-bond acceptors (Lipinski definition) is 6. The zero-order valence-corrected chi connectivity index (χ0v) is 14.1. The highest BCUT2D eigenvalue weighted by atomic mass is 32.1. The molecule has 0 spiro atoms. The number of aromatic amines is 1.